The molecule has 0 radical (unpaired) electrons. The number of rotatable bonds is 7. The Bertz CT molecular complexity index is 974. The summed E-state index contributed by atoms with van der Waals surface area (Å²) >= 11 is 0. The van der Waals surface area contributed by atoms with E-state index in [1.165, 1.54) is 24.5 Å². The molecule has 0 bridgehead atoms. The number of carbonyl (C=O) groups is 1. The van der Waals surface area contributed by atoms with Gasteiger partial charge in [-0.2, -0.15) is 0 Å². The summed E-state index contributed by atoms with van der Waals surface area (Å²) in [5.74, 6) is 0.983. The molecule has 0 saturated heterocycles. The number of hydrogen-bond acceptors (Lipinski definition) is 3. The van der Waals surface area contributed by atoms with E-state index in [0.29, 0.717) is 30.8 Å². The Morgan fingerprint density at radius 3 is 2.84 bits per heavy atom. The second-order valence-corrected chi connectivity index (χ2v) is 8.16. The second kappa shape index (κ2) is 9.37. The van der Waals surface area contributed by atoms with Gasteiger partial charge in [-0.25, -0.2) is 4.39 Å². The van der Waals surface area contributed by atoms with Gasteiger partial charge < -0.3 is 20.3 Å². The normalized spacial score (nSPS) is 16.6. The number of ether oxygens (including phenoxy) is 1. The molecule has 1 aliphatic heterocycles. The van der Waals surface area contributed by atoms with E-state index in [-0.39, 0.29) is 24.3 Å². The maximum Gasteiger partial charge on any atom is 0.246 e. The summed E-state index contributed by atoms with van der Waals surface area (Å²) in [5, 5.41) is 6.29. The van der Waals surface area contributed by atoms with Crippen molar-refractivity contribution in [3.05, 3.63) is 59.4 Å². The van der Waals surface area contributed by atoms with Crippen molar-refractivity contribution in [3.8, 4) is 5.75 Å². The first-order valence-electron chi connectivity index (χ1n) is 10.8. The fourth-order valence-electron chi connectivity index (χ4n) is 3.73. The smallest absolute Gasteiger partial charge is 0.246 e. The van der Waals surface area contributed by atoms with Crippen molar-refractivity contribution >= 4 is 17.6 Å². The molecule has 1 fully saturated rings. The van der Waals surface area contributed by atoms with Gasteiger partial charge in [0, 0.05) is 19.3 Å². The fraction of sp³-hybridized carbons (Fsp3) is 0.417. The molecule has 0 spiro atoms. The van der Waals surface area contributed by atoms with Crippen LogP contribution in [0.5, 0.6) is 5.75 Å². The topological polar surface area (TPSA) is 66.0 Å². The molecule has 2 aliphatic rings. The van der Waals surface area contributed by atoms with Gasteiger partial charge in [0.1, 0.15) is 0 Å². The molecular formula is C24H29FN4O2. The highest BCUT2D eigenvalue weighted by molar-refractivity contribution is 5.98. The van der Waals surface area contributed by atoms with E-state index >= 15 is 0 Å². The van der Waals surface area contributed by atoms with E-state index in [1.807, 2.05) is 31.2 Å². The molecule has 1 unspecified atom stereocenters. The summed E-state index contributed by atoms with van der Waals surface area (Å²) in [6.07, 6.45) is 3.21. The number of guanidine groups is 1. The number of amides is 1. The molecule has 31 heavy (non-hydrogen) atoms. The Hall–Kier alpha value is -3.09. The Labute approximate surface area is 182 Å². The summed E-state index contributed by atoms with van der Waals surface area (Å²) in [7, 11) is 1.65. The number of nitrogens with zero attached hydrogens (tertiary/aromatic N) is 2. The lowest BCUT2D eigenvalue weighted by atomic mass is 10.1. The highest BCUT2D eigenvalue weighted by Crippen LogP contribution is 2.31. The highest BCUT2D eigenvalue weighted by Gasteiger charge is 2.24. The minimum atomic E-state index is -0.363. The van der Waals surface area contributed by atoms with Crippen molar-refractivity contribution in [2.75, 3.05) is 31.6 Å². The van der Waals surface area contributed by atoms with Gasteiger partial charge in [-0.3, -0.25) is 9.79 Å². The second-order valence-electron chi connectivity index (χ2n) is 8.16. The van der Waals surface area contributed by atoms with E-state index < -0.39 is 0 Å². The Kier molecular flexibility index (Phi) is 6.39. The lowest BCUT2D eigenvalue weighted by Crippen LogP contribution is -2.45. The van der Waals surface area contributed by atoms with Crippen LogP contribution in [0, 0.1) is 11.7 Å². The minimum absolute atomic E-state index is 0.0104. The van der Waals surface area contributed by atoms with Crippen LogP contribution in [0.15, 0.2) is 47.5 Å². The van der Waals surface area contributed by atoms with Crippen molar-refractivity contribution in [2.24, 2.45) is 10.9 Å². The molecule has 0 aromatic heterocycles. The van der Waals surface area contributed by atoms with E-state index in [9.17, 15) is 9.18 Å². The number of para-hydroxylation sites is 1. The van der Waals surface area contributed by atoms with E-state index in [2.05, 4.69) is 21.7 Å². The van der Waals surface area contributed by atoms with Crippen LogP contribution in [0.4, 0.5) is 10.1 Å². The molecule has 6 nitrogen and oxygen atoms in total. The number of halogens is 1. The van der Waals surface area contributed by atoms with Crippen LogP contribution in [-0.2, 0) is 11.2 Å². The van der Waals surface area contributed by atoms with E-state index in [0.717, 1.165) is 17.7 Å². The van der Waals surface area contributed by atoms with Crippen LogP contribution in [-0.4, -0.2) is 38.6 Å². The largest absolute Gasteiger partial charge is 0.490 e. The zero-order valence-electron chi connectivity index (χ0n) is 18.0. The lowest BCUT2D eigenvalue weighted by molar-refractivity contribution is -0.117. The monoisotopic (exact) mass is 424 g/mol. The third-order valence-electron chi connectivity index (χ3n) is 5.80. The van der Waals surface area contributed by atoms with E-state index in [1.54, 1.807) is 18.0 Å². The molecule has 2 aromatic carbocycles. The van der Waals surface area contributed by atoms with Gasteiger partial charge in [0.2, 0.25) is 5.91 Å². The van der Waals surface area contributed by atoms with Crippen molar-refractivity contribution in [1.82, 2.24) is 10.6 Å². The number of benzene rings is 2. The van der Waals surface area contributed by atoms with Crippen LogP contribution >= 0.6 is 0 Å². The first kappa shape index (κ1) is 21.2. The lowest BCUT2D eigenvalue weighted by Gasteiger charge is -2.21. The Morgan fingerprint density at radius 2 is 2.10 bits per heavy atom. The quantitative estimate of drug-likeness (QED) is 0.528. The number of nitrogens with one attached hydrogen (secondary N) is 2. The molecule has 2 aromatic rings. The van der Waals surface area contributed by atoms with Crippen molar-refractivity contribution < 1.29 is 13.9 Å². The first-order chi connectivity index (χ1) is 15.0. The Balaban J connectivity index is 1.30. The SMILES string of the molecule is CN=C(NCC(=O)N1CCc2ccccc21)NC(C)c1ccc(OCC2CC2)c(F)c1. The van der Waals surface area contributed by atoms with Gasteiger partial charge in [0.25, 0.3) is 0 Å². The molecule has 2 N–H and O–H groups in total. The molecule has 1 atom stereocenters. The highest BCUT2D eigenvalue weighted by atomic mass is 19.1. The predicted molar refractivity (Wildman–Crippen MR) is 120 cm³/mol. The van der Waals surface area contributed by atoms with Gasteiger partial charge in [-0.1, -0.05) is 24.3 Å². The molecule has 1 heterocycles. The summed E-state index contributed by atoms with van der Waals surface area (Å²) in [6, 6.07) is 12.8. The maximum atomic E-state index is 14.4. The fourth-order valence-corrected chi connectivity index (χ4v) is 3.73. The Morgan fingerprint density at radius 1 is 1.29 bits per heavy atom. The number of anilines is 1. The average Bonchev–Trinajstić information content (AvgIpc) is 3.51. The van der Waals surface area contributed by atoms with Crippen LogP contribution in [0.3, 0.4) is 0 Å². The van der Waals surface area contributed by atoms with Gasteiger partial charge >= 0.3 is 0 Å². The molecule has 1 amide bonds. The molecule has 7 heteroatoms. The zero-order chi connectivity index (χ0) is 21.8. The molecule has 164 valence electrons. The first-order valence-corrected chi connectivity index (χ1v) is 10.8. The standard InChI is InChI=1S/C24H29FN4O2/c1-16(19-9-10-22(20(25)13-19)31-15-17-7-8-17)28-24(26-2)27-14-23(30)29-12-11-18-5-3-4-6-21(18)29/h3-6,9-10,13,16-17H,7-8,11-12,14-15H2,1-2H3,(H2,26,27,28). The van der Waals surface area contributed by atoms with Crippen molar-refractivity contribution in [1.29, 1.82) is 0 Å². The van der Waals surface area contributed by atoms with Gasteiger partial charge in [-0.05, 0) is 61.4 Å². The third kappa shape index (κ3) is 5.16. The van der Waals surface area contributed by atoms with Crippen LogP contribution in [0.1, 0.15) is 36.9 Å². The molecule has 1 saturated carbocycles. The van der Waals surface area contributed by atoms with Crippen molar-refractivity contribution in [2.45, 2.75) is 32.2 Å². The predicted octanol–water partition coefficient (Wildman–Crippen LogP) is 3.43. The van der Waals surface area contributed by atoms with Crippen LogP contribution in [0.2, 0.25) is 0 Å². The zero-order valence-corrected chi connectivity index (χ0v) is 18.0. The van der Waals surface area contributed by atoms with Gasteiger partial charge in [-0.15, -0.1) is 0 Å². The van der Waals surface area contributed by atoms with Gasteiger partial charge in [0.15, 0.2) is 17.5 Å². The van der Waals surface area contributed by atoms with Crippen molar-refractivity contribution in [3.63, 3.8) is 0 Å². The van der Waals surface area contributed by atoms with E-state index in [4.69, 9.17) is 4.74 Å². The molecule has 1 aliphatic carbocycles. The van der Waals surface area contributed by atoms with Gasteiger partial charge in [0.05, 0.1) is 19.2 Å². The maximum absolute atomic E-state index is 14.4. The molecule has 4 rings (SSSR count). The molecular weight excluding hydrogens is 395 g/mol. The number of carbonyl (C=O) groups excluding carboxylic acids is 1. The number of aliphatic imine (C=N–C) groups is 1. The summed E-state index contributed by atoms with van der Waals surface area (Å²) in [5.41, 5.74) is 2.95. The average molecular weight is 425 g/mol. The third-order valence-corrected chi connectivity index (χ3v) is 5.80. The van der Waals surface area contributed by atoms with Crippen LogP contribution < -0.4 is 20.3 Å². The summed E-state index contributed by atoms with van der Waals surface area (Å²) in [4.78, 5) is 18.7. The van der Waals surface area contributed by atoms with Crippen LogP contribution in [0.25, 0.3) is 0 Å². The number of hydrogen-bond donors (Lipinski definition) is 2. The summed E-state index contributed by atoms with van der Waals surface area (Å²) < 4.78 is 20.0. The minimum Gasteiger partial charge on any atom is -0.490 e. The number of fused-ring (bicyclic) bond motifs is 1. The summed E-state index contributed by atoms with van der Waals surface area (Å²) in [6.45, 7) is 3.32.